The summed E-state index contributed by atoms with van der Waals surface area (Å²) in [5.41, 5.74) is 2.32. The Hall–Kier alpha value is -1.76. The molecule has 4 rings (SSSR count). The van der Waals surface area contributed by atoms with Gasteiger partial charge in [0.15, 0.2) is 0 Å². The molecular formula is C17H22N4O2. The number of nitrogens with one attached hydrogen (secondary N) is 1. The molecule has 2 aliphatic rings. The van der Waals surface area contributed by atoms with Crippen molar-refractivity contribution in [2.45, 2.75) is 18.9 Å². The Morgan fingerprint density at radius 2 is 2.00 bits per heavy atom. The van der Waals surface area contributed by atoms with Gasteiger partial charge in [0, 0.05) is 31.7 Å². The summed E-state index contributed by atoms with van der Waals surface area (Å²) in [6.07, 6.45) is 1.07. The lowest BCUT2D eigenvalue weighted by Crippen LogP contribution is -2.35. The van der Waals surface area contributed by atoms with Gasteiger partial charge in [-0.15, -0.1) is 0 Å². The molecule has 122 valence electrons. The standard InChI is InChI=1S/C17H22N4O2/c1-3-14(4-2-13(1)12-21-7-9-22-10-8-21)16-19-17(23-20-16)15-5-6-18-11-15/h1-4,15,18H,5-12H2/t15-/m1/s1. The van der Waals surface area contributed by atoms with Crippen LogP contribution in [0.15, 0.2) is 28.8 Å². The number of hydrogen-bond donors (Lipinski definition) is 1. The maximum Gasteiger partial charge on any atom is 0.231 e. The third-order valence-corrected chi connectivity index (χ3v) is 4.57. The first-order valence-corrected chi connectivity index (χ1v) is 8.32. The molecule has 0 bridgehead atoms. The summed E-state index contributed by atoms with van der Waals surface area (Å²) in [6, 6.07) is 8.46. The van der Waals surface area contributed by atoms with Gasteiger partial charge in [-0.25, -0.2) is 0 Å². The molecule has 2 saturated heterocycles. The molecule has 23 heavy (non-hydrogen) atoms. The Balaban J connectivity index is 1.43. The summed E-state index contributed by atoms with van der Waals surface area (Å²) in [5.74, 6) is 1.80. The van der Waals surface area contributed by atoms with E-state index in [4.69, 9.17) is 9.26 Å². The highest BCUT2D eigenvalue weighted by Crippen LogP contribution is 2.24. The number of benzene rings is 1. The van der Waals surface area contributed by atoms with Crippen LogP contribution >= 0.6 is 0 Å². The van der Waals surface area contributed by atoms with E-state index < -0.39 is 0 Å². The Kier molecular flexibility index (Phi) is 4.37. The molecule has 6 heteroatoms. The molecule has 0 saturated carbocycles. The van der Waals surface area contributed by atoms with Gasteiger partial charge in [-0.05, 0) is 18.5 Å². The monoisotopic (exact) mass is 314 g/mol. The zero-order valence-electron chi connectivity index (χ0n) is 13.2. The molecule has 0 spiro atoms. The number of aromatic nitrogens is 2. The molecule has 2 aromatic rings. The van der Waals surface area contributed by atoms with E-state index in [0.717, 1.165) is 63.8 Å². The highest BCUT2D eigenvalue weighted by Gasteiger charge is 2.23. The molecule has 0 amide bonds. The molecule has 3 heterocycles. The molecule has 1 atom stereocenters. The van der Waals surface area contributed by atoms with E-state index in [-0.39, 0.29) is 0 Å². The second-order valence-corrected chi connectivity index (χ2v) is 6.23. The second-order valence-electron chi connectivity index (χ2n) is 6.23. The fraction of sp³-hybridized carbons (Fsp3) is 0.529. The van der Waals surface area contributed by atoms with E-state index in [1.807, 2.05) is 0 Å². The lowest BCUT2D eigenvalue weighted by molar-refractivity contribution is 0.0342. The van der Waals surface area contributed by atoms with Crippen LogP contribution in [-0.2, 0) is 11.3 Å². The molecule has 1 aromatic carbocycles. The molecule has 2 aliphatic heterocycles. The quantitative estimate of drug-likeness (QED) is 0.926. The van der Waals surface area contributed by atoms with Crippen LogP contribution < -0.4 is 5.32 Å². The fourth-order valence-corrected chi connectivity index (χ4v) is 3.16. The first-order chi connectivity index (χ1) is 11.4. The van der Waals surface area contributed by atoms with Gasteiger partial charge < -0.3 is 14.6 Å². The van der Waals surface area contributed by atoms with Crippen LogP contribution in [0.2, 0.25) is 0 Å². The smallest absolute Gasteiger partial charge is 0.231 e. The van der Waals surface area contributed by atoms with E-state index >= 15 is 0 Å². The van der Waals surface area contributed by atoms with Crippen molar-refractivity contribution in [2.24, 2.45) is 0 Å². The number of hydrogen-bond acceptors (Lipinski definition) is 6. The molecule has 0 aliphatic carbocycles. The average Bonchev–Trinajstić information content (AvgIpc) is 3.28. The number of ether oxygens (including phenoxy) is 1. The summed E-state index contributed by atoms with van der Waals surface area (Å²) in [7, 11) is 0. The summed E-state index contributed by atoms with van der Waals surface area (Å²) in [5, 5.41) is 7.46. The van der Waals surface area contributed by atoms with Gasteiger partial charge in [0.05, 0.1) is 19.1 Å². The molecule has 0 radical (unpaired) electrons. The highest BCUT2D eigenvalue weighted by molar-refractivity contribution is 5.54. The Labute approximate surface area is 135 Å². The van der Waals surface area contributed by atoms with Crippen LogP contribution in [0.4, 0.5) is 0 Å². The molecule has 6 nitrogen and oxygen atoms in total. The van der Waals surface area contributed by atoms with E-state index in [1.165, 1.54) is 5.56 Å². The van der Waals surface area contributed by atoms with Crippen LogP contribution in [0.3, 0.4) is 0 Å². The maximum atomic E-state index is 5.43. The Morgan fingerprint density at radius 1 is 1.17 bits per heavy atom. The number of rotatable bonds is 4. The topological polar surface area (TPSA) is 63.4 Å². The molecule has 2 fully saturated rings. The Bertz CT molecular complexity index is 628. The predicted molar refractivity (Wildman–Crippen MR) is 86.1 cm³/mol. The normalized spacial score (nSPS) is 22.5. The third kappa shape index (κ3) is 3.44. The predicted octanol–water partition coefficient (Wildman–Crippen LogP) is 1.65. The van der Waals surface area contributed by atoms with Crippen molar-refractivity contribution in [3.05, 3.63) is 35.7 Å². The summed E-state index contributed by atoms with van der Waals surface area (Å²) in [6.45, 7) is 6.60. The molecule has 1 aromatic heterocycles. The van der Waals surface area contributed by atoms with Gasteiger partial charge in [-0.1, -0.05) is 29.4 Å². The minimum atomic E-state index is 0.358. The molecular weight excluding hydrogens is 292 g/mol. The van der Waals surface area contributed by atoms with Crippen LogP contribution in [0.5, 0.6) is 0 Å². The van der Waals surface area contributed by atoms with Gasteiger partial charge in [0.2, 0.25) is 11.7 Å². The first kappa shape index (κ1) is 14.8. The van der Waals surface area contributed by atoms with Crippen molar-refractivity contribution in [2.75, 3.05) is 39.4 Å². The zero-order chi connectivity index (χ0) is 15.5. The summed E-state index contributed by atoms with van der Waals surface area (Å²) in [4.78, 5) is 6.98. The minimum absolute atomic E-state index is 0.358. The van der Waals surface area contributed by atoms with Gasteiger partial charge in [-0.2, -0.15) is 4.98 Å². The van der Waals surface area contributed by atoms with Crippen molar-refractivity contribution < 1.29 is 9.26 Å². The van der Waals surface area contributed by atoms with E-state index in [9.17, 15) is 0 Å². The molecule has 0 unspecified atom stereocenters. The Morgan fingerprint density at radius 3 is 2.74 bits per heavy atom. The summed E-state index contributed by atoms with van der Waals surface area (Å²) >= 11 is 0. The van der Waals surface area contributed by atoms with Gasteiger partial charge >= 0.3 is 0 Å². The van der Waals surface area contributed by atoms with E-state index in [2.05, 4.69) is 44.6 Å². The maximum absolute atomic E-state index is 5.43. The SMILES string of the molecule is c1cc(-c2noc([C@@H]3CCNC3)n2)ccc1CN1CCOCC1. The van der Waals surface area contributed by atoms with Crippen molar-refractivity contribution in [3.63, 3.8) is 0 Å². The zero-order valence-corrected chi connectivity index (χ0v) is 13.2. The number of nitrogens with zero attached hydrogens (tertiary/aromatic N) is 3. The minimum Gasteiger partial charge on any atom is -0.379 e. The first-order valence-electron chi connectivity index (χ1n) is 8.32. The van der Waals surface area contributed by atoms with Gasteiger partial charge in [0.1, 0.15) is 0 Å². The lowest BCUT2D eigenvalue weighted by Gasteiger charge is -2.26. The summed E-state index contributed by atoms with van der Waals surface area (Å²) < 4.78 is 10.8. The van der Waals surface area contributed by atoms with Crippen LogP contribution in [-0.4, -0.2) is 54.4 Å². The number of morpholine rings is 1. The third-order valence-electron chi connectivity index (χ3n) is 4.57. The van der Waals surface area contributed by atoms with Crippen LogP contribution in [0.1, 0.15) is 23.8 Å². The van der Waals surface area contributed by atoms with Crippen molar-refractivity contribution >= 4 is 0 Å². The highest BCUT2D eigenvalue weighted by atomic mass is 16.5. The van der Waals surface area contributed by atoms with Gasteiger partial charge in [0.25, 0.3) is 0 Å². The second kappa shape index (κ2) is 6.78. The van der Waals surface area contributed by atoms with Crippen molar-refractivity contribution in [1.82, 2.24) is 20.4 Å². The van der Waals surface area contributed by atoms with Crippen molar-refractivity contribution in [3.8, 4) is 11.4 Å². The largest absolute Gasteiger partial charge is 0.379 e. The van der Waals surface area contributed by atoms with E-state index in [1.54, 1.807) is 0 Å². The van der Waals surface area contributed by atoms with Crippen LogP contribution in [0, 0.1) is 0 Å². The average molecular weight is 314 g/mol. The van der Waals surface area contributed by atoms with Crippen LogP contribution in [0.25, 0.3) is 11.4 Å². The van der Waals surface area contributed by atoms with E-state index in [0.29, 0.717) is 11.7 Å². The molecule has 1 N–H and O–H groups in total. The lowest BCUT2D eigenvalue weighted by atomic mass is 10.1. The van der Waals surface area contributed by atoms with Crippen molar-refractivity contribution in [1.29, 1.82) is 0 Å². The van der Waals surface area contributed by atoms with Gasteiger partial charge in [-0.3, -0.25) is 4.90 Å². The fourth-order valence-electron chi connectivity index (χ4n) is 3.16.